The predicted octanol–water partition coefficient (Wildman–Crippen LogP) is 2.08. The quantitative estimate of drug-likeness (QED) is 0.892. The molecule has 0 amide bonds. The minimum atomic E-state index is -0.997. The maximum Gasteiger partial charge on any atom is 0.340 e. The highest BCUT2D eigenvalue weighted by atomic mass is 16.5. The van der Waals surface area contributed by atoms with Gasteiger partial charge in [-0.1, -0.05) is 0 Å². The summed E-state index contributed by atoms with van der Waals surface area (Å²) in [6, 6.07) is 1.80. The Bertz CT molecular complexity index is 501. The third-order valence-electron chi connectivity index (χ3n) is 2.44. The van der Waals surface area contributed by atoms with Crippen LogP contribution in [0.15, 0.2) is 17.3 Å². The van der Waals surface area contributed by atoms with Gasteiger partial charge in [-0.2, -0.15) is 0 Å². The van der Waals surface area contributed by atoms with Crippen molar-refractivity contribution >= 4 is 5.97 Å². The van der Waals surface area contributed by atoms with Crippen LogP contribution in [-0.4, -0.2) is 28.8 Å². The summed E-state index contributed by atoms with van der Waals surface area (Å²) >= 11 is 0. The van der Waals surface area contributed by atoms with E-state index in [0.717, 1.165) is 0 Å². The van der Waals surface area contributed by atoms with Crippen molar-refractivity contribution in [1.82, 2.24) is 4.57 Å². The molecule has 0 fully saturated rings. The average Bonchev–Trinajstić information content (AvgIpc) is 2.26. The Kier molecular flexibility index (Phi) is 4.53. The van der Waals surface area contributed by atoms with E-state index in [9.17, 15) is 9.90 Å². The van der Waals surface area contributed by atoms with Crippen LogP contribution in [0.1, 0.15) is 44.1 Å². The number of hydrogen-bond acceptors (Lipinski definition) is 3. The van der Waals surface area contributed by atoms with Crippen LogP contribution in [0, 0.1) is 0 Å². The fraction of sp³-hybridized carbons (Fsp3) is 0.538. The first-order valence-corrected chi connectivity index (χ1v) is 5.95. The molecule has 0 unspecified atom stereocenters. The van der Waals surface area contributed by atoms with E-state index < -0.39 is 5.97 Å². The molecule has 1 N–H and O–H groups in total. The Labute approximate surface area is 107 Å². The molecule has 1 aromatic rings. The van der Waals surface area contributed by atoms with Crippen molar-refractivity contribution in [1.29, 1.82) is 0 Å². The van der Waals surface area contributed by atoms with Gasteiger partial charge in [0.2, 0.25) is 0 Å². The molecule has 0 spiro atoms. The van der Waals surface area contributed by atoms with Crippen LogP contribution in [-0.2, 0) is 0 Å². The number of carboxylic acids is 1. The smallest absolute Gasteiger partial charge is 0.340 e. The molecule has 1 rings (SSSR count). The number of aromatic nitrogens is 1. The second-order valence-electron chi connectivity index (χ2n) is 4.61. The van der Waals surface area contributed by atoms with Gasteiger partial charge < -0.3 is 14.4 Å². The van der Waals surface area contributed by atoms with Gasteiger partial charge in [0.1, 0.15) is 16.8 Å². The van der Waals surface area contributed by atoms with Crippen molar-refractivity contribution in [2.24, 2.45) is 4.99 Å². The van der Waals surface area contributed by atoms with Gasteiger partial charge in [0.25, 0.3) is 0 Å². The lowest BCUT2D eigenvalue weighted by molar-refractivity contribution is 0.0689. The summed E-state index contributed by atoms with van der Waals surface area (Å²) in [6.45, 7) is 7.67. The van der Waals surface area contributed by atoms with Crippen LogP contribution in [0.4, 0.5) is 0 Å². The van der Waals surface area contributed by atoms with Crippen molar-refractivity contribution in [3.05, 3.63) is 23.3 Å². The highest BCUT2D eigenvalue weighted by molar-refractivity contribution is 5.90. The molecule has 100 valence electrons. The molecular weight excluding hydrogens is 232 g/mol. The zero-order valence-electron chi connectivity index (χ0n) is 11.5. The van der Waals surface area contributed by atoms with E-state index in [1.165, 1.54) is 0 Å². The molecule has 0 saturated heterocycles. The van der Waals surface area contributed by atoms with Crippen LogP contribution < -0.4 is 10.2 Å². The molecule has 0 atom stereocenters. The summed E-state index contributed by atoms with van der Waals surface area (Å²) in [5, 5.41) is 9.22. The fourth-order valence-corrected chi connectivity index (χ4v) is 1.64. The number of aromatic carboxylic acids is 1. The van der Waals surface area contributed by atoms with Crippen molar-refractivity contribution in [2.75, 3.05) is 7.05 Å². The lowest BCUT2D eigenvalue weighted by Crippen LogP contribution is -2.25. The van der Waals surface area contributed by atoms with E-state index in [1.807, 2.05) is 32.3 Å². The molecule has 0 aliphatic carbocycles. The third kappa shape index (κ3) is 3.12. The van der Waals surface area contributed by atoms with E-state index in [2.05, 4.69) is 4.99 Å². The Hall–Kier alpha value is -1.78. The van der Waals surface area contributed by atoms with Gasteiger partial charge in [0.05, 0.1) is 6.10 Å². The zero-order valence-corrected chi connectivity index (χ0v) is 11.5. The number of nitrogens with zero attached hydrogens (tertiary/aromatic N) is 2. The fourth-order valence-electron chi connectivity index (χ4n) is 1.64. The predicted molar refractivity (Wildman–Crippen MR) is 69.0 cm³/mol. The van der Waals surface area contributed by atoms with Crippen LogP contribution >= 0.6 is 0 Å². The normalized spacial score (nSPS) is 12.3. The van der Waals surface area contributed by atoms with Crippen molar-refractivity contribution in [3.63, 3.8) is 0 Å². The molecule has 0 saturated carbocycles. The lowest BCUT2D eigenvalue weighted by atomic mass is 10.2. The van der Waals surface area contributed by atoms with E-state index in [-0.39, 0.29) is 17.7 Å². The van der Waals surface area contributed by atoms with Gasteiger partial charge in [0.15, 0.2) is 0 Å². The molecule has 5 heteroatoms. The van der Waals surface area contributed by atoms with Crippen molar-refractivity contribution in [3.8, 4) is 5.75 Å². The molecule has 1 aromatic heterocycles. The van der Waals surface area contributed by atoms with E-state index >= 15 is 0 Å². The van der Waals surface area contributed by atoms with Crippen molar-refractivity contribution in [2.45, 2.75) is 39.8 Å². The number of carboxylic acid groups (broad SMARTS) is 1. The Morgan fingerprint density at radius 3 is 2.39 bits per heavy atom. The molecule has 18 heavy (non-hydrogen) atoms. The Morgan fingerprint density at radius 1 is 1.39 bits per heavy atom. The molecule has 0 bridgehead atoms. The second-order valence-corrected chi connectivity index (χ2v) is 4.61. The van der Waals surface area contributed by atoms with E-state index in [0.29, 0.717) is 11.2 Å². The molecule has 1 heterocycles. The number of pyridine rings is 1. The SMILES string of the molecule is C/N=c1/cc(OC(C)C)c(C(=O)O)cn1C(C)C. The van der Waals surface area contributed by atoms with Gasteiger partial charge in [-0.25, -0.2) is 4.79 Å². The maximum atomic E-state index is 11.3. The minimum absolute atomic E-state index is 0.0808. The van der Waals surface area contributed by atoms with E-state index in [1.54, 1.807) is 19.3 Å². The standard InChI is InChI=1S/C13H20N2O3/c1-8(2)15-7-10(13(16)17)11(18-9(3)4)6-12(15)14-5/h6-9H,1-5H3,(H,16,17)/b14-12-. The molecule has 5 nitrogen and oxygen atoms in total. The lowest BCUT2D eigenvalue weighted by Gasteiger charge is -2.17. The second kappa shape index (κ2) is 5.71. The number of carbonyl (C=O) groups is 1. The van der Waals surface area contributed by atoms with Gasteiger partial charge in [-0.05, 0) is 27.7 Å². The molecule has 0 radical (unpaired) electrons. The maximum absolute atomic E-state index is 11.3. The molecule has 0 aliphatic heterocycles. The largest absolute Gasteiger partial charge is 0.490 e. The van der Waals surface area contributed by atoms with Crippen LogP contribution in [0.2, 0.25) is 0 Å². The number of ether oxygens (including phenoxy) is 1. The van der Waals surface area contributed by atoms with Crippen LogP contribution in [0.25, 0.3) is 0 Å². The zero-order chi connectivity index (χ0) is 13.9. The Balaban J connectivity index is 3.47. The molecule has 0 aliphatic rings. The Morgan fingerprint density at radius 2 is 2.00 bits per heavy atom. The van der Waals surface area contributed by atoms with Gasteiger partial charge in [-0.15, -0.1) is 0 Å². The summed E-state index contributed by atoms with van der Waals surface area (Å²) in [6.07, 6.45) is 1.50. The van der Waals surface area contributed by atoms with Crippen LogP contribution in [0.5, 0.6) is 5.75 Å². The summed E-state index contributed by atoms with van der Waals surface area (Å²) in [5.41, 5.74) is 0.857. The van der Waals surface area contributed by atoms with Crippen LogP contribution in [0.3, 0.4) is 0 Å². The van der Waals surface area contributed by atoms with Crippen molar-refractivity contribution < 1.29 is 14.6 Å². The summed E-state index contributed by atoms with van der Waals surface area (Å²) in [5.74, 6) is -0.641. The number of rotatable bonds is 4. The minimum Gasteiger partial charge on any atom is -0.490 e. The first-order valence-electron chi connectivity index (χ1n) is 5.95. The number of hydrogen-bond donors (Lipinski definition) is 1. The molecule has 0 aromatic carbocycles. The summed E-state index contributed by atoms with van der Waals surface area (Å²) in [7, 11) is 1.67. The summed E-state index contributed by atoms with van der Waals surface area (Å²) in [4.78, 5) is 15.4. The van der Waals surface area contributed by atoms with Gasteiger partial charge >= 0.3 is 5.97 Å². The first kappa shape index (κ1) is 14.3. The average molecular weight is 252 g/mol. The third-order valence-corrected chi connectivity index (χ3v) is 2.44. The van der Waals surface area contributed by atoms with Gasteiger partial charge in [0, 0.05) is 25.4 Å². The van der Waals surface area contributed by atoms with E-state index in [4.69, 9.17) is 4.74 Å². The highest BCUT2D eigenvalue weighted by Crippen LogP contribution is 2.18. The molecular formula is C13H20N2O3. The van der Waals surface area contributed by atoms with Gasteiger partial charge in [-0.3, -0.25) is 4.99 Å². The first-order chi connectivity index (χ1) is 8.36. The topological polar surface area (TPSA) is 63.8 Å². The highest BCUT2D eigenvalue weighted by Gasteiger charge is 2.15. The summed E-state index contributed by atoms with van der Waals surface area (Å²) < 4.78 is 7.35. The monoisotopic (exact) mass is 252 g/mol.